The topological polar surface area (TPSA) is 60.5 Å². The zero-order valence-electron chi connectivity index (χ0n) is 14.6. The lowest BCUT2D eigenvalue weighted by Crippen LogP contribution is -2.10. The first kappa shape index (κ1) is 18.4. The standard InChI is InChI=1S/C18H16ClFN2O3S/c1-8-10(24-3)6-11(25-4)15(20)14(8)17(23)18-16(21-2)9-5-13(19)22-7-12(9)26-18/h5-7,21H,1-4H3. The van der Waals surface area contributed by atoms with Crippen molar-refractivity contribution in [2.24, 2.45) is 0 Å². The summed E-state index contributed by atoms with van der Waals surface area (Å²) in [6.45, 7) is 1.64. The second kappa shape index (κ2) is 7.09. The first-order chi connectivity index (χ1) is 12.4. The number of thiophene rings is 1. The minimum absolute atomic E-state index is 0.0485. The van der Waals surface area contributed by atoms with E-state index >= 15 is 0 Å². The third-order valence-corrected chi connectivity index (χ3v) is 5.45. The van der Waals surface area contributed by atoms with E-state index in [1.165, 1.54) is 31.6 Å². The van der Waals surface area contributed by atoms with Crippen LogP contribution in [-0.4, -0.2) is 32.0 Å². The van der Waals surface area contributed by atoms with Gasteiger partial charge in [-0.05, 0) is 13.0 Å². The first-order valence-electron chi connectivity index (χ1n) is 7.64. The lowest BCUT2D eigenvalue weighted by Gasteiger charge is -2.14. The molecule has 5 nitrogen and oxygen atoms in total. The van der Waals surface area contributed by atoms with Crippen LogP contribution in [0.2, 0.25) is 5.15 Å². The van der Waals surface area contributed by atoms with Crippen LogP contribution >= 0.6 is 22.9 Å². The van der Waals surface area contributed by atoms with Crippen LogP contribution in [0.1, 0.15) is 20.8 Å². The Kier molecular flexibility index (Phi) is 5.02. The fourth-order valence-electron chi connectivity index (χ4n) is 2.83. The molecule has 0 aliphatic rings. The number of rotatable bonds is 5. The smallest absolute Gasteiger partial charge is 0.208 e. The van der Waals surface area contributed by atoms with Crippen molar-refractivity contribution in [1.29, 1.82) is 0 Å². The number of hydrogen-bond donors (Lipinski definition) is 1. The molecule has 0 saturated heterocycles. The summed E-state index contributed by atoms with van der Waals surface area (Å²) < 4.78 is 26.0. The maximum absolute atomic E-state index is 14.9. The Morgan fingerprint density at radius 2 is 1.96 bits per heavy atom. The largest absolute Gasteiger partial charge is 0.496 e. The summed E-state index contributed by atoms with van der Waals surface area (Å²) in [6, 6.07) is 3.10. The van der Waals surface area contributed by atoms with Gasteiger partial charge >= 0.3 is 0 Å². The van der Waals surface area contributed by atoms with Gasteiger partial charge in [-0.3, -0.25) is 4.79 Å². The molecule has 0 spiro atoms. The van der Waals surface area contributed by atoms with Crippen LogP contribution in [0.15, 0.2) is 18.3 Å². The zero-order chi connectivity index (χ0) is 19.0. The predicted molar refractivity (Wildman–Crippen MR) is 102 cm³/mol. The van der Waals surface area contributed by atoms with Gasteiger partial charge in [0.25, 0.3) is 0 Å². The van der Waals surface area contributed by atoms with Gasteiger partial charge in [0.05, 0.1) is 35.0 Å². The summed E-state index contributed by atoms with van der Waals surface area (Å²) >= 11 is 7.19. The number of pyridine rings is 1. The van der Waals surface area contributed by atoms with Gasteiger partial charge in [0.15, 0.2) is 11.6 Å². The van der Waals surface area contributed by atoms with Gasteiger partial charge in [-0.2, -0.15) is 0 Å². The summed E-state index contributed by atoms with van der Waals surface area (Å²) in [7, 11) is 4.50. The molecule has 0 aliphatic heterocycles. The highest BCUT2D eigenvalue weighted by Gasteiger charge is 2.27. The van der Waals surface area contributed by atoms with Crippen molar-refractivity contribution in [3.63, 3.8) is 0 Å². The maximum Gasteiger partial charge on any atom is 0.208 e. The lowest BCUT2D eigenvalue weighted by atomic mass is 10.00. The number of fused-ring (bicyclic) bond motifs is 1. The Labute approximate surface area is 158 Å². The quantitative estimate of drug-likeness (QED) is 0.502. The number of carbonyl (C=O) groups is 1. The van der Waals surface area contributed by atoms with Gasteiger partial charge in [0, 0.05) is 30.3 Å². The molecule has 136 valence electrons. The van der Waals surface area contributed by atoms with E-state index in [0.29, 0.717) is 27.0 Å². The van der Waals surface area contributed by atoms with Crippen LogP contribution in [0, 0.1) is 12.7 Å². The minimum atomic E-state index is -0.716. The normalized spacial score (nSPS) is 10.8. The number of carbonyl (C=O) groups excluding carboxylic acids is 1. The van der Waals surface area contributed by atoms with Crippen LogP contribution in [0.3, 0.4) is 0 Å². The van der Waals surface area contributed by atoms with Crippen molar-refractivity contribution in [1.82, 2.24) is 4.98 Å². The minimum Gasteiger partial charge on any atom is -0.496 e. The van der Waals surface area contributed by atoms with Crippen molar-refractivity contribution >= 4 is 44.5 Å². The van der Waals surface area contributed by atoms with Crippen LogP contribution in [0.5, 0.6) is 11.5 Å². The molecule has 1 N–H and O–H groups in total. The molecule has 0 aliphatic carbocycles. The number of anilines is 1. The van der Waals surface area contributed by atoms with Gasteiger partial charge < -0.3 is 14.8 Å². The first-order valence-corrected chi connectivity index (χ1v) is 8.83. The molecule has 0 bridgehead atoms. The summed E-state index contributed by atoms with van der Waals surface area (Å²) in [6.07, 6.45) is 1.59. The zero-order valence-corrected chi connectivity index (χ0v) is 16.1. The monoisotopic (exact) mass is 394 g/mol. The molecule has 0 saturated carbocycles. The highest BCUT2D eigenvalue weighted by Crippen LogP contribution is 2.40. The number of methoxy groups -OCH3 is 2. The Hall–Kier alpha value is -2.38. The molecule has 2 aromatic heterocycles. The molecule has 3 aromatic rings. The molecule has 0 fully saturated rings. The summed E-state index contributed by atoms with van der Waals surface area (Å²) in [5.74, 6) is -0.846. The molecule has 2 heterocycles. The molecular formula is C18H16ClFN2O3S. The Morgan fingerprint density at radius 1 is 1.27 bits per heavy atom. The van der Waals surface area contributed by atoms with Gasteiger partial charge in [0.2, 0.25) is 5.78 Å². The molecule has 1 aromatic carbocycles. The van der Waals surface area contributed by atoms with E-state index < -0.39 is 11.6 Å². The van der Waals surface area contributed by atoms with Crippen LogP contribution < -0.4 is 14.8 Å². The Balaban J connectivity index is 2.27. The van der Waals surface area contributed by atoms with E-state index in [1.807, 2.05) is 0 Å². The highest BCUT2D eigenvalue weighted by molar-refractivity contribution is 7.21. The molecule has 3 rings (SSSR count). The number of benzene rings is 1. The molecule has 0 radical (unpaired) electrons. The van der Waals surface area contributed by atoms with Crippen LogP contribution in [0.25, 0.3) is 10.1 Å². The van der Waals surface area contributed by atoms with E-state index in [0.717, 1.165) is 10.1 Å². The number of ketones is 1. The summed E-state index contributed by atoms with van der Waals surface area (Å²) in [4.78, 5) is 17.6. The second-order valence-corrected chi connectivity index (χ2v) is 6.92. The van der Waals surface area contributed by atoms with E-state index in [-0.39, 0.29) is 11.3 Å². The van der Waals surface area contributed by atoms with Gasteiger partial charge in [-0.15, -0.1) is 11.3 Å². The molecule has 0 atom stereocenters. The number of ether oxygens (including phenoxy) is 2. The fourth-order valence-corrected chi connectivity index (χ4v) is 4.09. The number of nitrogens with zero attached hydrogens (tertiary/aromatic N) is 1. The van der Waals surface area contributed by atoms with Gasteiger partial charge in [-0.1, -0.05) is 11.6 Å². The third-order valence-electron chi connectivity index (χ3n) is 4.11. The highest BCUT2D eigenvalue weighted by atomic mass is 35.5. The third kappa shape index (κ3) is 2.87. The SMILES string of the molecule is CNc1c(C(=O)c2c(C)c(OC)cc(OC)c2F)sc2cnc(Cl)cc12. The molecule has 26 heavy (non-hydrogen) atoms. The number of aromatic nitrogens is 1. The van der Waals surface area contributed by atoms with Crippen molar-refractivity contribution < 1.29 is 18.7 Å². The molecule has 0 unspecified atom stereocenters. The number of nitrogens with one attached hydrogen (secondary N) is 1. The number of hydrogen-bond acceptors (Lipinski definition) is 6. The van der Waals surface area contributed by atoms with Crippen molar-refractivity contribution in [3.05, 3.63) is 45.3 Å². The van der Waals surface area contributed by atoms with E-state index in [1.54, 1.807) is 26.2 Å². The summed E-state index contributed by atoms with van der Waals surface area (Å²) in [5.41, 5.74) is 0.912. The molecule has 8 heteroatoms. The van der Waals surface area contributed by atoms with Gasteiger partial charge in [0.1, 0.15) is 10.9 Å². The van der Waals surface area contributed by atoms with E-state index in [9.17, 15) is 9.18 Å². The average Bonchev–Trinajstić information content (AvgIpc) is 2.99. The van der Waals surface area contributed by atoms with Crippen LogP contribution in [0.4, 0.5) is 10.1 Å². The number of halogens is 2. The van der Waals surface area contributed by atoms with Crippen molar-refractivity contribution in [2.75, 3.05) is 26.6 Å². The average molecular weight is 395 g/mol. The van der Waals surface area contributed by atoms with Crippen LogP contribution in [-0.2, 0) is 0 Å². The predicted octanol–water partition coefficient (Wildman–Crippen LogP) is 4.69. The van der Waals surface area contributed by atoms with E-state index in [2.05, 4.69) is 10.3 Å². The fraction of sp³-hybridized carbons (Fsp3) is 0.222. The molecule has 0 amide bonds. The lowest BCUT2D eigenvalue weighted by molar-refractivity contribution is 0.103. The molecular weight excluding hydrogens is 379 g/mol. The van der Waals surface area contributed by atoms with Crippen molar-refractivity contribution in [3.8, 4) is 11.5 Å². The maximum atomic E-state index is 14.9. The second-order valence-electron chi connectivity index (χ2n) is 5.48. The van der Waals surface area contributed by atoms with Gasteiger partial charge in [-0.25, -0.2) is 9.37 Å². The summed E-state index contributed by atoms with van der Waals surface area (Å²) in [5, 5.41) is 4.08. The van der Waals surface area contributed by atoms with Crippen molar-refractivity contribution in [2.45, 2.75) is 6.92 Å². The van der Waals surface area contributed by atoms with E-state index in [4.69, 9.17) is 21.1 Å². The Morgan fingerprint density at radius 3 is 2.58 bits per heavy atom. The Bertz CT molecular complexity index is 991.